The van der Waals surface area contributed by atoms with E-state index in [-0.39, 0.29) is 18.2 Å². The van der Waals surface area contributed by atoms with Gasteiger partial charge in [0, 0.05) is 36.5 Å². The fraction of sp³-hybridized carbons (Fsp3) is 0.250. The van der Waals surface area contributed by atoms with Crippen molar-refractivity contribution in [2.24, 2.45) is 5.92 Å². The topological polar surface area (TPSA) is 87.3 Å². The van der Waals surface area contributed by atoms with Gasteiger partial charge in [0.25, 0.3) is 0 Å². The van der Waals surface area contributed by atoms with Crippen LogP contribution in [-0.4, -0.2) is 35.4 Å². The van der Waals surface area contributed by atoms with Crippen LogP contribution < -0.4 is 10.2 Å². The molecular weight excluding hydrogens is 380 g/mol. The van der Waals surface area contributed by atoms with Gasteiger partial charge in [-0.25, -0.2) is 4.98 Å². The molecule has 0 bridgehead atoms. The number of carbonyl (C=O) groups is 2. The van der Waals surface area contributed by atoms with E-state index in [4.69, 9.17) is 16.3 Å². The minimum atomic E-state index is -0.423. The van der Waals surface area contributed by atoms with E-state index < -0.39 is 5.92 Å². The second kappa shape index (κ2) is 7.61. The predicted molar refractivity (Wildman–Crippen MR) is 107 cm³/mol. The number of ether oxygens (including phenoxy) is 1. The summed E-state index contributed by atoms with van der Waals surface area (Å²) in [7, 11) is 1.61. The van der Waals surface area contributed by atoms with Crippen molar-refractivity contribution in [1.82, 2.24) is 9.97 Å². The highest BCUT2D eigenvalue weighted by atomic mass is 35.5. The molecular formula is C20H19ClN4O3. The Balaban J connectivity index is 1.46. The van der Waals surface area contributed by atoms with Crippen LogP contribution in [0.5, 0.6) is 0 Å². The molecule has 1 saturated heterocycles. The van der Waals surface area contributed by atoms with Gasteiger partial charge in [-0.3, -0.25) is 9.59 Å². The quantitative estimate of drug-likeness (QED) is 0.689. The maximum absolute atomic E-state index is 12.7. The standard InChI is InChI=1S/C20H19ClN4O3/c1-28-11-18-23-16-6-5-14(9-17(16)24-18)22-20(27)12-7-19(26)25(10-12)15-4-2-3-13(21)8-15/h2-6,8-9,12H,7,10-11H2,1H3,(H,22,27)(H,23,24)/t12-/m0/s1. The normalized spacial score (nSPS) is 16.7. The molecule has 7 nitrogen and oxygen atoms in total. The molecule has 0 radical (unpaired) electrons. The lowest BCUT2D eigenvalue weighted by atomic mass is 10.1. The molecule has 1 atom stereocenters. The average molecular weight is 399 g/mol. The number of H-pyrrole nitrogens is 1. The Hall–Kier alpha value is -2.90. The minimum Gasteiger partial charge on any atom is -0.377 e. The van der Waals surface area contributed by atoms with E-state index in [0.717, 1.165) is 16.9 Å². The van der Waals surface area contributed by atoms with Crippen LogP contribution in [0.15, 0.2) is 42.5 Å². The molecule has 0 aliphatic carbocycles. The molecule has 0 spiro atoms. The van der Waals surface area contributed by atoms with Crippen LogP contribution in [0.3, 0.4) is 0 Å². The number of aromatic amines is 1. The van der Waals surface area contributed by atoms with Gasteiger partial charge in [0.15, 0.2) is 0 Å². The highest BCUT2D eigenvalue weighted by Gasteiger charge is 2.35. The van der Waals surface area contributed by atoms with Crippen molar-refractivity contribution < 1.29 is 14.3 Å². The zero-order valence-electron chi connectivity index (χ0n) is 15.2. The molecule has 0 saturated carbocycles. The first-order valence-corrected chi connectivity index (χ1v) is 9.25. The molecule has 144 valence electrons. The molecule has 2 aromatic carbocycles. The summed E-state index contributed by atoms with van der Waals surface area (Å²) in [5.74, 6) is 0.0250. The Bertz CT molecular complexity index is 1050. The average Bonchev–Trinajstić information content (AvgIpc) is 3.24. The number of fused-ring (bicyclic) bond motifs is 1. The summed E-state index contributed by atoms with van der Waals surface area (Å²) in [6, 6.07) is 12.5. The molecule has 8 heteroatoms. The number of hydrogen-bond acceptors (Lipinski definition) is 4. The van der Waals surface area contributed by atoms with Gasteiger partial charge in [0.05, 0.1) is 17.0 Å². The number of hydrogen-bond donors (Lipinski definition) is 2. The van der Waals surface area contributed by atoms with Crippen molar-refractivity contribution in [2.75, 3.05) is 23.9 Å². The van der Waals surface area contributed by atoms with Crippen molar-refractivity contribution in [2.45, 2.75) is 13.0 Å². The first-order valence-electron chi connectivity index (χ1n) is 8.88. The molecule has 2 heterocycles. The van der Waals surface area contributed by atoms with Gasteiger partial charge in [0.1, 0.15) is 12.4 Å². The van der Waals surface area contributed by atoms with E-state index in [1.54, 1.807) is 36.3 Å². The van der Waals surface area contributed by atoms with Crippen molar-refractivity contribution in [3.05, 3.63) is 53.3 Å². The van der Waals surface area contributed by atoms with Gasteiger partial charge in [-0.2, -0.15) is 0 Å². The van der Waals surface area contributed by atoms with E-state index in [2.05, 4.69) is 15.3 Å². The summed E-state index contributed by atoms with van der Waals surface area (Å²) >= 11 is 6.01. The Morgan fingerprint density at radius 2 is 2.21 bits per heavy atom. The zero-order valence-corrected chi connectivity index (χ0v) is 16.0. The lowest BCUT2D eigenvalue weighted by Crippen LogP contribution is -2.28. The first kappa shape index (κ1) is 18.5. The Labute approximate surface area is 166 Å². The van der Waals surface area contributed by atoms with Crippen LogP contribution in [0.2, 0.25) is 5.02 Å². The Kier molecular flexibility index (Phi) is 5.02. The number of nitrogens with one attached hydrogen (secondary N) is 2. The number of amides is 2. The van der Waals surface area contributed by atoms with Crippen LogP contribution >= 0.6 is 11.6 Å². The number of anilines is 2. The van der Waals surface area contributed by atoms with Gasteiger partial charge in [0.2, 0.25) is 11.8 Å². The lowest BCUT2D eigenvalue weighted by Gasteiger charge is -2.17. The predicted octanol–water partition coefficient (Wildman–Crippen LogP) is 3.35. The third-order valence-electron chi connectivity index (χ3n) is 4.70. The van der Waals surface area contributed by atoms with E-state index in [1.165, 1.54) is 0 Å². The monoisotopic (exact) mass is 398 g/mol. The number of benzene rings is 2. The minimum absolute atomic E-state index is 0.0874. The SMILES string of the molecule is COCc1nc2ccc(NC(=O)[C@H]3CC(=O)N(c4cccc(Cl)c4)C3)cc2[nH]1. The maximum Gasteiger partial charge on any atom is 0.229 e. The van der Waals surface area contributed by atoms with E-state index in [1.807, 2.05) is 18.2 Å². The lowest BCUT2D eigenvalue weighted by molar-refractivity contribution is -0.122. The molecule has 1 fully saturated rings. The number of halogens is 1. The smallest absolute Gasteiger partial charge is 0.229 e. The second-order valence-corrected chi connectivity index (χ2v) is 7.16. The van der Waals surface area contributed by atoms with Gasteiger partial charge in [-0.1, -0.05) is 17.7 Å². The summed E-state index contributed by atoms with van der Waals surface area (Å²) in [4.78, 5) is 34.2. The molecule has 1 aliphatic heterocycles. The van der Waals surface area contributed by atoms with Crippen molar-refractivity contribution in [3.63, 3.8) is 0 Å². The van der Waals surface area contributed by atoms with E-state index in [0.29, 0.717) is 29.5 Å². The molecule has 2 amide bonds. The molecule has 28 heavy (non-hydrogen) atoms. The first-order chi connectivity index (χ1) is 13.5. The van der Waals surface area contributed by atoms with Crippen LogP contribution in [0, 0.1) is 5.92 Å². The van der Waals surface area contributed by atoms with Crippen molar-refractivity contribution in [3.8, 4) is 0 Å². The Morgan fingerprint density at radius 3 is 3.00 bits per heavy atom. The van der Waals surface area contributed by atoms with E-state index >= 15 is 0 Å². The summed E-state index contributed by atoms with van der Waals surface area (Å²) in [5.41, 5.74) is 2.97. The molecule has 3 aromatic rings. The highest BCUT2D eigenvalue weighted by Crippen LogP contribution is 2.28. The third kappa shape index (κ3) is 3.72. The van der Waals surface area contributed by atoms with Crippen LogP contribution in [0.25, 0.3) is 11.0 Å². The molecule has 1 aromatic heterocycles. The number of carbonyl (C=O) groups excluding carboxylic acids is 2. The maximum atomic E-state index is 12.7. The largest absolute Gasteiger partial charge is 0.377 e. The number of methoxy groups -OCH3 is 1. The summed E-state index contributed by atoms with van der Waals surface area (Å²) in [6.45, 7) is 0.717. The second-order valence-electron chi connectivity index (χ2n) is 6.72. The van der Waals surface area contributed by atoms with Gasteiger partial charge in [-0.05, 0) is 36.4 Å². The fourth-order valence-electron chi connectivity index (χ4n) is 3.37. The Morgan fingerprint density at radius 1 is 1.36 bits per heavy atom. The number of nitrogens with zero attached hydrogens (tertiary/aromatic N) is 2. The van der Waals surface area contributed by atoms with Crippen molar-refractivity contribution in [1.29, 1.82) is 0 Å². The molecule has 0 unspecified atom stereocenters. The van der Waals surface area contributed by atoms with Crippen LogP contribution in [-0.2, 0) is 20.9 Å². The van der Waals surface area contributed by atoms with Crippen LogP contribution in [0.1, 0.15) is 12.2 Å². The molecule has 2 N–H and O–H groups in total. The van der Waals surface area contributed by atoms with Gasteiger partial charge < -0.3 is 19.9 Å². The molecule has 1 aliphatic rings. The summed E-state index contributed by atoms with van der Waals surface area (Å²) < 4.78 is 5.08. The summed E-state index contributed by atoms with van der Waals surface area (Å²) in [5, 5.41) is 3.45. The highest BCUT2D eigenvalue weighted by molar-refractivity contribution is 6.31. The van der Waals surface area contributed by atoms with Gasteiger partial charge >= 0.3 is 0 Å². The molecule has 4 rings (SSSR count). The fourth-order valence-corrected chi connectivity index (χ4v) is 3.55. The summed E-state index contributed by atoms with van der Waals surface area (Å²) in [6.07, 6.45) is 0.169. The zero-order chi connectivity index (χ0) is 19.7. The number of imidazole rings is 1. The van der Waals surface area contributed by atoms with E-state index in [9.17, 15) is 9.59 Å². The number of rotatable bonds is 5. The number of aromatic nitrogens is 2. The third-order valence-corrected chi connectivity index (χ3v) is 4.93. The van der Waals surface area contributed by atoms with Crippen molar-refractivity contribution >= 4 is 45.8 Å². The van der Waals surface area contributed by atoms with Crippen LogP contribution in [0.4, 0.5) is 11.4 Å². The van der Waals surface area contributed by atoms with Gasteiger partial charge in [-0.15, -0.1) is 0 Å².